The minimum Gasteiger partial charge on any atom is -0.453 e. The fourth-order valence-corrected chi connectivity index (χ4v) is 4.56. The third kappa shape index (κ3) is 4.09. The minimum absolute atomic E-state index is 0.101. The molecule has 1 N–H and O–H groups in total. The molecule has 5 aromatic rings. The summed E-state index contributed by atoms with van der Waals surface area (Å²) in [6, 6.07) is 21.3. The van der Waals surface area contributed by atoms with Gasteiger partial charge in [0.25, 0.3) is 0 Å². The smallest absolute Gasteiger partial charge is 0.234 e. The van der Waals surface area contributed by atoms with E-state index in [0.29, 0.717) is 28.3 Å². The zero-order valence-corrected chi connectivity index (χ0v) is 18.8. The maximum Gasteiger partial charge on any atom is 0.234 e. The molecule has 32 heavy (non-hydrogen) atoms. The van der Waals surface area contributed by atoms with Crippen molar-refractivity contribution in [1.29, 1.82) is 0 Å². The first-order valence-corrected chi connectivity index (χ1v) is 11.5. The van der Waals surface area contributed by atoms with Crippen LogP contribution >= 0.6 is 23.4 Å². The third-order valence-corrected chi connectivity index (χ3v) is 6.30. The van der Waals surface area contributed by atoms with Crippen LogP contribution in [0, 0.1) is 0 Å². The number of nitrogens with zero attached hydrogens (tertiary/aromatic N) is 3. The van der Waals surface area contributed by atoms with Crippen molar-refractivity contribution in [1.82, 2.24) is 14.8 Å². The summed E-state index contributed by atoms with van der Waals surface area (Å²) in [5, 5.41) is 16.0. The monoisotopic (exact) mass is 462 g/mol. The van der Waals surface area contributed by atoms with Crippen LogP contribution in [-0.4, -0.2) is 26.4 Å². The van der Waals surface area contributed by atoms with Crippen molar-refractivity contribution >= 4 is 56.7 Å². The van der Waals surface area contributed by atoms with Gasteiger partial charge in [-0.25, -0.2) is 0 Å². The van der Waals surface area contributed by atoms with Gasteiger partial charge in [0.05, 0.1) is 5.75 Å². The molecule has 0 bridgehead atoms. The molecule has 0 unspecified atom stereocenters. The average molecular weight is 463 g/mol. The van der Waals surface area contributed by atoms with Crippen LogP contribution in [0.5, 0.6) is 0 Å². The van der Waals surface area contributed by atoms with E-state index in [9.17, 15) is 4.79 Å². The largest absolute Gasteiger partial charge is 0.453 e. The summed E-state index contributed by atoms with van der Waals surface area (Å²) in [7, 11) is 0. The Morgan fingerprint density at radius 2 is 1.88 bits per heavy atom. The summed E-state index contributed by atoms with van der Waals surface area (Å²) in [6.07, 6.45) is 0. The molecular formula is C24H19ClN4O2S. The van der Waals surface area contributed by atoms with Gasteiger partial charge in [-0.2, -0.15) is 0 Å². The number of anilines is 1. The van der Waals surface area contributed by atoms with Gasteiger partial charge in [-0.05, 0) is 54.1 Å². The quantitative estimate of drug-likeness (QED) is 0.302. The molecule has 0 fully saturated rings. The van der Waals surface area contributed by atoms with Crippen LogP contribution in [-0.2, 0) is 11.3 Å². The van der Waals surface area contributed by atoms with Crippen LogP contribution in [0.3, 0.4) is 0 Å². The number of hydrogen-bond donors (Lipinski definition) is 1. The second-order valence-corrected chi connectivity index (χ2v) is 8.62. The lowest BCUT2D eigenvalue weighted by Gasteiger charge is -2.08. The highest BCUT2D eigenvalue weighted by Gasteiger charge is 2.18. The summed E-state index contributed by atoms with van der Waals surface area (Å²) in [4.78, 5) is 12.5. The van der Waals surface area contributed by atoms with Gasteiger partial charge in [0.15, 0.2) is 10.9 Å². The molecule has 0 saturated heterocycles. The molecule has 8 heteroatoms. The van der Waals surface area contributed by atoms with E-state index in [2.05, 4.69) is 15.5 Å². The van der Waals surface area contributed by atoms with E-state index in [0.717, 1.165) is 27.4 Å². The van der Waals surface area contributed by atoms with Gasteiger partial charge >= 0.3 is 0 Å². The normalized spacial score (nSPS) is 11.3. The summed E-state index contributed by atoms with van der Waals surface area (Å²) >= 11 is 7.42. The number of hydrogen-bond acceptors (Lipinski definition) is 5. The standard InChI is InChI=1S/C24H19ClN4O2S/c1-2-29-23(21-13-17-11-18(25)8-10-20(17)31-21)27-28-24(29)32-14-22(30)26-19-9-7-15-5-3-4-6-16(15)12-19/h3-13H,2,14H2,1H3,(H,26,30). The summed E-state index contributed by atoms with van der Waals surface area (Å²) in [5.74, 6) is 1.36. The molecule has 5 rings (SSSR count). The molecule has 2 aromatic heterocycles. The second kappa shape index (κ2) is 8.68. The highest BCUT2D eigenvalue weighted by molar-refractivity contribution is 7.99. The van der Waals surface area contributed by atoms with Crippen LogP contribution in [0.15, 0.2) is 76.3 Å². The zero-order chi connectivity index (χ0) is 22.1. The Bertz CT molecular complexity index is 1440. The Morgan fingerprint density at radius 3 is 2.72 bits per heavy atom. The summed E-state index contributed by atoms with van der Waals surface area (Å²) in [5.41, 5.74) is 1.51. The Labute approximate surface area is 193 Å². The van der Waals surface area contributed by atoms with Crippen LogP contribution < -0.4 is 5.32 Å². The number of nitrogens with one attached hydrogen (secondary N) is 1. The van der Waals surface area contributed by atoms with Crippen molar-refractivity contribution < 1.29 is 9.21 Å². The lowest BCUT2D eigenvalue weighted by Crippen LogP contribution is -2.14. The van der Waals surface area contributed by atoms with Crippen molar-refractivity contribution in [2.75, 3.05) is 11.1 Å². The number of carbonyl (C=O) groups is 1. The highest BCUT2D eigenvalue weighted by atomic mass is 35.5. The SMILES string of the molecule is CCn1c(SCC(=O)Nc2ccc3ccccc3c2)nnc1-c1cc2cc(Cl)ccc2o1. The first kappa shape index (κ1) is 20.6. The molecule has 3 aromatic carbocycles. The molecule has 0 atom stereocenters. The van der Waals surface area contributed by atoms with Gasteiger partial charge < -0.3 is 9.73 Å². The first-order chi connectivity index (χ1) is 15.6. The van der Waals surface area contributed by atoms with Crippen molar-refractivity contribution in [3.63, 3.8) is 0 Å². The van der Waals surface area contributed by atoms with E-state index >= 15 is 0 Å². The number of amides is 1. The van der Waals surface area contributed by atoms with E-state index in [4.69, 9.17) is 16.0 Å². The van der Waals surface area contributed by atoms with Crippen LogP contribution in [0.2, 0.25) is 5.02 Å². The van der Waals surface area contributed by atoms with Gasteiger partial charge in [-0.15, -0.1) is 10.2 Å². The van der Waals surface area contributed by atoms with E-state index in [1.165, 1.54) is 11.8 Å². The van der Waals surface area contributed by atoms with Gasteiger partial charge in [0, 0.05) is 22.6 Å². The number of aromatic nitrogens is 3. The minimum atomic E-state index is -0.101. The Hall–Kier alpha value is -3.29. The average Bonchev–Trinajstić information content (AvgIpc) is 3.40. The number of thioether (sulfide) groups is 1. The van der Waals surface area contributed by atoms with Crippen molar-refractivity contribution in [3.8, 4) is 11.6 Å². The van der Waals surface area contributed by atoms with E-state index in [-0.39, 0.29) is 11.7 Å². The molecule has 6 nitrogen and oxygen atoms in total. The molecule has 160 valence electrons. The molecule has 0 aliphatic heterocycles. The predicted octanol–water partition coefficient (Wildman–Crippen LogP) is 6.25. The van der Waals surface area contributed by atoms with Gasteiger partial charge in [0.2, 0.25) is 11.7 Å². The fourth-order valence-electron chi connectivity index (χ4n) is 3.58. The van der Waals surface area contributed by atoms with Crippen LogP contribution in [0.25, 0.3) is 33.3 Å². The van der Waals surface area contributed by atoms with Gasteiger partial charge in [0.1, 0.15) is 5.58 Å². The lowest BCUT2D eigenvalue weighted by molar-refractivity contribution is -0.113. The molecule has 0 aliphatic carbocycles. The molecule has 2 heterocycles. The Kier molecular flexibility index (Phi) is 5.59. The highest BCUT2D eigenvalue weighted by Crippen LogP contribution is 2.30. The maximum absolute atomic E-state index is 12.5. The van der Waals surface area contributed by atoms with E-state index in [1.807, 2.05) is 72.2 Å². The summed E-state index contributed by atoms with van der Waals surface area (Å²) < 4.78 is 7.87. The van der Waals surface area contributed by atoms with Crippen molar-refractivity contribution in [2.45, 2.75) is 18.6 Å². The molecule has 0 radical (unpaired) electrons. The Balaban J connectivity index is 1.30. The number of rotatable bonds is 6. The van der Waals surface area contributed by atoms with Gasteiger partial charge in [-0.1, -0.05) is 53.7 Å². The number of carbonyl (C=O) groups excluding carboxylic acids is 1. The predicted molar refractivity (Wildman–Crippen MR) is 129 cm³/mol. The lowest BCUT2D eigenvalue weighted by atomic mass is 10.1. The number of benzene rings is 3. The summed E-state index contributed by atoms with van der Waals surface area (Å²) in [6.45, 7) is 2.65. The second-order valence-electron chi connectivity index (χ2n) is 7.24. The van der Waals surface area contributed by atoms with Crippen LogP contribution in [0.4, 0.5) is 5.69 Å². The van der Waals surface area contributed by atoms with Crippen molar-refractivity contribution in [3.05, 3.63) is 71.8 Å². The first-order valence-electron chi connectivity index (χ1n) is 10.1. The number of furan rings is 1. The molecular weight excluding hydrogens is 444 g/mol. The molecule has 0 saturated carbocycles. The van der Waals surface area contributed by atoms with Gasteiger partial charge in [-0.3, -0.25) is 9.36 Å². The van der Waals surface area contributed by atoms with Crippen molar-refractivity contribution in [2.24, 2.45) is 0 Å². The number of fused-ring (bicyclic) bond motifs is 2. The molecule has 0 aliphatic rings. The molecule has 0 spiro atoms. The topological polar surface area (TPSA) is 73.0 Å². The van der Waals surface area contributed by atoms with E-state index in [1.54, 1.807) is 6.07 Å². The third-order valence-electron chi connectivity index (χ3n) is 5.10. The van der Waals surface area contributed by atoms with Crippen LogP contribution in [0.1, 0.15) is 6.92 Å². The zero-order valence-electron chi connectivity index (χ0n) is 17.2. The maximum atomic E-state index is 12.5. The fraction of sp³-hybridized carbons (Fsp3) is 0.125. The van der Waals surface area contributed by atoms with E-state index < -0.39 is 0 Å². The Morgan fingerprint density at radius 1 is 1.03 bits per heavy atom. The number of halogens is 1. The molecule has 1 amide bonds.